The molecule has 0 radical (unpaired) electrons. The van der Waals surface area contributed by atoms with E-state index in [1.165, 1.54) is 10.6 Å². The number of nitrogens with one attached hydrogen (secondary N) is 1. The number of fused-ring (bicyclic) bond motifs is 1. The quantitative estimate of drug-likeness (QED) is 0.430. The van der Waals surface area contributed by atoms with Gasteiger partial charge in [0.25, 0.3) is 5.56 Å². The maximum atomic E-state index is 13.3. The Morgan fingerprint density at radius 3 is 2.59 bits per heavy atom. The zero-order chi connectivity index (χ0) is 24.5. The number of para-hydroxylation sites is 1. The second-order valence-electron chi connectivity index (χ2n) is 7.85. The van der Waals surface area contributed by atoms with E-state index in [1.807, 2.05) is 4.90 Å². The maximum absolute atomic E-state index is 13.3. The van der Waals surface area contributed by atoms with Crippen molar-refractivity contribution in [2.24, 2.45) is 7.05 Å². The van der Waals surface area contributed by atoms with Crippen LogP contribution in [0.25, 0.3) is 10.9 Å². The Balaban J connectivity index is 1.60. The van der Waals surface area contributed by atoms with E-state index >= 15 is 0 Å². The number of anilines is 2. The van der Waals surface area contributed by atoms with Crippen molar-refractivity contribution in [3.8, 4) is 0 Å². The molecule has 2 aromatic carbocycles. The monoisotopic (exact) mass is 492 g/mol. The highest BCUT2D eigenvalue weighted by Gasteiger charge is 2.32. The predicted molar refractivity (Wildman–Crippen MR) is 125 cm³/mol. The molecule has 0 aliphatic carbocycles. The first-order valence-corrected chi connectivity index (χ1v) is 11.5. The molecule has 11 heteroatoms. The minimum absolute atomic E-state index is 0.0783. The van der Waals surface area contributed by atoms with E-state index in [0.29, 0.717) is 48.1 Å². The van der Waals surface area contributed by atoms with Crippen molar-refractivity contribution >= 4 is 39.9 Å². The molecule has 1 N–H and O–H groups in total. The Morgan fingerprint density at radius 2 is 1.88 bits per heavy atom. The minimum atomic E-state index is -4.54. The van der Waals surface area contributed by atoms with Crippen LogP contribution in [0, 0.1) is 0 Å². The van der Waals surface area contributed by atoms with E-state index in [1.54, 1.807) is 38.2 Å². The normalized spacial score (nSPS) is 15.4. The van der Waals surface area contributed by atoms with Gasteiger partial charge in [-0.05, 0) is 37.3 Å². The van der Waals surface area contributed by atoms with Crippen LogP contribution in [-0.2, 0) is 22.8 Å². The lowest BCUT2D eigenvalue weighted by atomic mass is 10.1. The molecule has 1 amide bonds. The van der Waals surface area contributed by atoms with E-state index < -0.39 is 22.9 Å². The van der Waals surface area contributed by atoms with Crippen LogP contribution < -0.4 is 15.8 Å². The first kappa shape index (κ1) is 24.1. The fraction of sp³-hybridized carbons (Fsp3) is 0.348. The first-order valence-electron chi connectivity index (χ1n) is 10.6. The van der Waals surface area contributed by atoms with E-state index in [0.717, 1.165) is 23.9 Å². The number of halogens is 3. The molecule has 1 saturated heterocycles. The molecule has 1 aliphatic heterocycles. The topological polar surface area (TPSA) is 76.5 Å². The Hall–Kier alpha value is -3.05. The number of carbonyl (C=O) groups excluding carboxylic acids is 1. The summed E-state index contributed by atoms with van der Waals surface area (Å²) in [7, 11) is 1.57. The highest BCUT2D eigenvalue weighted by atomic mass is 32.2. The van der Waals surface area contributed by atoms with Gasteiger partial charge >= 0.3 is 6.18 Å². The number of ether oxygens (including phenoxy) is 1. The van der Waals surface area contributed by atoms with Crippen molar-refractivity contribution in [1.29, 1.82) is 0 Å². The third-order valence-electron chi connectivity index (χ3n) is 5.53. The number of amides is 1. The average molecular weight is 493 g/mol. The lowest BCUT2D eigenvalue weighted by molar-refractivity contribution is -0.137. The molecular formula is C23H23F3N4O3S. The second kappa shape index (κ2) is 9.67. The molecule has 1 fully saturated rings. The van der Waals surface area contributed by atoms with Crippen molar-refractivity contribution in [2.45, 2.75) is 23.5 Å². The number of rotatable bonds is 5. The summed E-state index contributed by atoms with van der Waals surface area (Å²) in [6.07, 6.45) is -4.54. The van der Waals surface area contributed by atoms with E-state index in [9.17, 15) is 22.8 Å². The first-order chi connectivity index (χ1) is 16.1. The van der Waals surface area contributed by atoms with Gasteiger partial charge in [-0.15, -0.1) is 0 Å². The molecule has 2 heterocycles. The number of hydrogen-bond acceptors (Lipinski definition) is 6. The van der Waals surface area contributed by atoms with Gasteiger partial charge in [-0.25, -0.2) is 4.98 Å². The molecule has 0 saturated carbocycles. The number of benzene rings is 2. The fourth-order valence-electron chi connectivity index (χ4n) is 3.64. The van der Waals surface area contributed by atoms with Gasteiger partial charge < -0.3 is 15.0 Å². The van der Waals surface area contributed by atoms with E-state index in [-0.39, 0.29) is 11.2 Å². The van der Waals surface area contributed by atoms with Gasteiger partial charge in [0.05, 0.1) is 46.3 Å². The van der Waals surface area contributed by atoms with Crippen molar-refractivity contribution in [3.05, 3.63) is 58.4 Å². The Morgan fingerprint density at radius 1 is 1.18 bits per heavy atom. The highest BCUT2D eigenvalue weighted by molar-refractivity contribution is 8.00. The number of aromatic nitrogens is 2. The largest absolute Gasteiger partial charge is 0.416 e. The summed E-state index contributed by atoms with van der Waals surface area (Å²) in [6.45, 7) is 3.51. The standard InChI is InChI=1S/C23H23F3N4O3S/c1-14(34-22-28-17-6-4-3-5-16(17)21(32)29(22)2)20(31)27-18-13-15(23(24,25)26)7-8-19(18)30-9-11-33-12-10-30/h3-8,13-14H,9-12H2,1-2H3,(H,27,31)/t14-/m1/s1. The number of morpholine rings is 1. The number of alkyl halides is 3. The van der Waals surface area contributed by atoms with Gasteiger partial charge in [0, 0.05) is 20.1 Å². The number of carbonyl (C=O) groups is 1. The van der Waals surface area contributed by atoms with Gasteiger partial charge in [0.2, 0.25) is 5.91 Å². The van der Waals surface area contributed by atoms with Crippen LogP contribution in [-0.4, -0.2) is 47.0 Å². The second-order valence-corrected chi connectivity index (χ2v) is 9.16. The van der Waals surface area contributed by atoms with Gasteiger partial charge in [0.15, 0.2) is 5.16 Å². The molecule has 0 bridgehead atoms. The van der Waals surface area contributed by atoms with Gasteiger partial charge in [-0.1, -0.05) is 23.9 Å². The molecule has 0 unspecified atom stereocenters. The van der Waals surface area contributed by atoms with Crippen LogP contribution >= 0.6 is 11.8 Å². The summed E-state index contributed by atoms with van der Waals surface area (Å²) in [5, 5.41) is 2.72. The zero-order valence-electron chi connectivity index (χ0n) is 18.6. The van der Waals surface area contributed by atoms with Crippen LogP contribution in [0.5, 0.6) is 0 Å². The molecule has 3 aromatic rings. The minimum Gasteiger partial charge on any atom is -0.378 e. The summed E-state index contributed by atoms with van der Waals surface area (Å²) in [6, 6.07) is 10.2. The summed E-state index contributed by atoms with van der Waals surface area (Å²) in [5.41, 5.74) is -0.00676. The van der Waals surface area contributed by atoms with E-state index in [4.69, 9.17) is 4.74 Å². The molecule has 1 aromatic heterocycles. The molecule has 180 valence electrons. The lowest BCUT2D eigenvalue weighted by Crippen LogP contribution is -2.37. The SMILES string of the molecule is C[C@@H](Sc1nc2ccccc2c(=O)n1C)C(=O)Nc1cc(C(F)(F)F)ccc1N1CCOCC1. The van der Waals surface area contributed by atoms with Crippen molar-refractivity contribution < 1.29 is 22.7 Å². The van der Waals surface area contributed by atoms with Gasteiger partial charge in [-0.3, -0.25) is 14.2 Å². The zero-order valence-corrected chi connectivity index (χ0v) is 19.4. The molecule has 7 nitrogen and oxygen atoms in total. The molecular weight excluding hydrogens is 469 g/mol. The predicted octanol–water partition coefficient (Wildman–Crippen LogP) is 3.91. The number of hydrogen-bond donors (Lipinski definition) is 1. The van der Waals surface area contributed by atoms with Crippen molar-refractivity contribution in [2.75, 3.05) is 36.5 Å². The molecule has 4 rings (SSSR count). The third kappa shape index (κ3) is 5.05. The molecule has 1 aliphatic rings. The van der Waals surface area contributed by atoms with Crippen LogP contribution in [0.1, 0.15) is 12.5 Å². The fourth-order valence-corrected chi connectivity index (χ4v) is 4.52. The van der Waals surface area contributed by atoms with Crippen molar-refractivity contribution in [1.82, 2.24) is 9.55 Å². The van der Waals surface area contributed by atoms with E-state index in [2.05, 4.69) is 10.3 Å². The van der Waals surface area contributed by atoms with Gasteiger partial charge in [-0.2, -0.15) is 13.2 Å². The Labute approximate surface area is 197 Å². The molecule has 0 spiro atoms. The average Bonchev–Trinajstić information content (AvgIpc) is 2.82. The third-order valence-corrected chi connectivity index (χ3v) is 6.67. The summed E-state index contributed by atoms with van der Waals surface area (Å²) < 4.78 is 46.7. The number of thioether (sulfide) groups is 1. The smallest absolute Gasteiger partial charge is 0.378 e. The van der Waals surface area contributed by atoms with Crippen molar-refractivity contribution in [3.63, 3.8) is 0 Å². The Kier molecular flexibility index (Phi) is 6.85. The lowest BCUT2D eigenvalue weighted by Gasteiger charge is -2.31. The summed E-state index contributed by atoms with van der Waals surface area (Å²) in [5.74, 6) is -0.499. The maximum Gasteiger partial charge on any atom is 0.416 e. The van der Waals surface area contributed by atoms with Crippen LogP contribution in [0.3, 0.4) is 0 Å². The molecule has 34 heavy (non-hydrogen) atoms. The summed E-state index contributed by atoms with van der Waals surface area (Å²) >= 11 is 1.06. The molecule has 1 atom stereocenters. The van der Waals surface area contributed by atoms with Crippen LogP contribution in [0.15, 0.2) is 52.4 Å². The number of nitrogens with zero attached hydrogens (tertiary/aromatic N) is 3. The van der Waals surface area contributed by atoms with Crippen LogP contribution in [0.4, 0.5) is 24.5 Å². The van der Waals surface area contributed by atoms with Gasteiger partial charge in [0.1, 0.15) is 0 Å². The Bertz CT molecular complexity index is 1270. The highest BCUT2D eigenvalue weighted by Crippen LogP contribution is 2.36. The summed E-state index contributed by atoms with van der Waals surface area (Å²) in [4.78, 5) is 32.0. The van der Waals surface area contributed by atoms with Crippen LogP contribution in [0.2, 0.25) is 0 Å².